The van der Waals surface area contributed by atoms with Crippen molar-refractivity contribution < 1.29 is 13.2 Å². The highest BCUT2D eigenvalue weighted by molar-refractivity contribution is 7.91. The predicted octanol–water partition coefficient (Wildman–Crippen LogP) is 1.34. The third kappa shape index (κ3) is 4.94. The summed E-state index contributed by atoms with van der Waals surface area (Å²) in [5.74, 6) is 0.292. The molecule has 3 unspecified atom stereocenters. The van der Waals surface area contributed by atoms with Crippen molar-refractivity contribution in [3.8, 4) is 0 Å². The van der Waals surface area contributed by atoms with Gasteiger partial charge in [0.1, 0.15) is 9.84 Å². The molecule has 0 heterocycles. The summed E-state index contributed by atoms with van der Waals surface area (Å²) in [4.78, 5) is 0. The van der Waals surface area contributed by atoms with Crippen LogP contribution in [0.25, 0.3) is 0 Å². The Morgan fingerprint density at radius 2 is 2.12 bits per heavy atom. The molecule has 0 aromatic heterocycles. The molecule has 0 saturated heterocycles. The molecule has 1 aliphatic carbocycles. The molecule has 0 bridgehead atoms. The lowest BCUT2D eigenvalue weighted by atomic mass is 9.84. The number of hydrogen-bond donors (Lipinski definition) is 1. The molecule has 0 amide bonds. The van der Waals surface area contributed by atoms with Gasteiger partial charge in [0.15, 0.2) is 0 Å². The Kier molecular flexibility index (Phi) is 5.89. The minimum Gasteiger partial charge on any atom is -0.380 e. The lowest BCUT2D eigenvalue weighted by Crippen LogP contribution is -2.40. The second-order valence-corrected chi connectivity index (χ2v) is 7.44. The summed E-state index contributed by atoms with van der Waals surface area (Å²) < 4.78 is 28.5. The molecule has 1 rings (SSSR count). The summed E-state index contributed by atoms with van der Waals surface area (Å²) in [5, 5.41) is -0.196. The summed E-state index contributed by atoms with van der Waals surface area (Å²) in [7, 11) is -2.91. The summed E-state index contributed by atoms with van der Waals surface area (Å²) in [6.07, 6.45) is 5.81. The topological polar surface area (TPSA) is 69.4 Å². The van der Waals surface area contributed by atoms with Crippen molar-refractivity contribution in [1.29, 1.82) is 0 Å². The maximum absolute atomic E-state index is 11.5. The van der Waals surface area contributed by atoms with Gasteiger partial charge in [0.05, 0.1) is 11.9 Å². The maximum Gasteiger partial charge on any atom is 0.150 e. The summed E-state index contributed by atoms with van der Waals surface area (Å²) in [6.45, 7) is 3.34. The molecule has 1 saturated carbocycles. The first-order chi connectivity index (χ1) is 7.95. The van der Waals surface area contributed by atoms with Gasteiger partial charge in [-0.1, -0.05) is 13.3 Å². The van der Waals surface area contributed by atoms with E-state index in [1.165, 1.54) is 6.26 Å². The summed E-state index contributed by atoms with van der Waals surface area (Å²) in [6, 6.07) is -0.0221. The predicted molar refractivity (Wildman–Crippen MR) is 69.7 cm³/mol. The molecule has 0 spiro atoms. The smallest absolute Gasteiger partial charge is 0.150 e. The molecule has 2 N–H and O–H groups in total. The van der Waals surface area contributed by atoms with Gasteiger partial charge in [-0.25, -0.2) is 8.42 Å². The minimum absolute atomic E-state index is 0.0221. The van der Waals surface area contributed by atoms with E-state index in [9.17, 15) is 8.42 Å². The van der Waals surface area contributed by atoms with Crippen LogP contribution < -0.4 is 5.73 Å². The molecule has 4 nitrogen and oxygen atoms in total. The van der Waals surface area contributed by atoms with Gasteiger partial charge in [-0.2, -0.15) is 0 Å². The minimum atomic E-state index is -2.91. The highest BCUT2D eigenvalue weighted by Gasteiger charge is 2.31. The molecular weight excluding hydrogens is 238 g/mol. The van der Waals surface area contributed by atoms with Crippen LogP contribution in [0.1, 0.15) is 39.0 Å². The largest absolute Gasteiger partial charge is 0.380 e. The third-order valence-corrected chi connectivity index (χ3v) is 5.18. The van der Waals surface area contributed by atoms with E-state index >= 15 is 0 Å². The highest BCUT2D eigenvalue weighted by atomic mass is 32.2. The Bertz CT molecular complexity index is 316. The van der Waals surface area contributed by atoms with E-state index in [1.807, 2.05) is 0 Å². The second kappa shape index (κ2) is 6.71. The standard InChI is InChI=1S/C12H25NO3S/c1-3-7-16-9-12(13)10-5-4-6-11(8-10)17(2,14)15/h10-12H,3-9,13H2,1-2H3. The van der Waals surface area contributed by atoms with Crippen LogP contribution >= 0.6 is 0 Å². The summed E-state index contributed by atoms with van der Waals surface area (Å²) in [5.41, 5.74) is 6.07. The van der Waals surface area contributed by atoms with Gasteiger partial charge in [-0.05, 0) is 31.6 Å². The molecule has 1 fully saturated rings. The van der Waals surface area contributed by atoms with Crippen molar-refractivity contribution in [2.75, 3.05) is 19.5 Å². The normalized spacial score (nSPS) is 27.9. The molecule has 0 radical (unpaired) electrons. The lowest BCUT2D eigenvalue weighted by molar-refractivity contribution is 0.0983. The summed E-state index contributed by atoms with van der Waals surface area (Å²) >= 11 is 0. The zero-order valence-corrected chi connectivity index (χ0v) is 11.7. The number of ether oxygens (including phenoxy) is 1. The molecule has 0 aromatic carbocycles. The first-order valence-electron chi connectivity index (χ1n) is 6.47. The Morgan fingerprint density at radius 3 is 2.71 bits per heavy atom. The van der Waals surface area contributed by atoms with E-state index < -0.39 is 9.84 Å². The third-order valence-electron chi connectivity index (χ3n) is 3.54. The molecule has 17 heavy (non-hydrogen) atoms. The SMILES string of the molecule is CCCOCC(N)C1CCCC(S(C)(=O)=O)C1. The van der Waals surface area contributed by atoms with Gasteiger partial charge < -0.3 is 10.5 Å². The lowest BCUT2D eigenvalue weighted by Gasteiger charge is -2.31. The Balaban J connectivity index is 2.43. The number of rotatable bonds is 6. The van der Waals surface area contributed by atoms with Crippen LogP contribution in [0.3, 0.4) is 0 Å². The molecular formula is C12H25NO3S. The quantitative estimate of drug-likeness (QED) is 0.734. The van der Waals surface area contributed by atoms with Crippen LogP contribution in [-0.4, -0.2) is 39.2 Å². The van der Waals surface area contributed by atoms with E-state index in [-0.39, 0.29) is 11.3 Å². The van der Waals surface area contributed by atoms with Crippen molar-refractivity contribution >= 4 is 9.84 Å². The van der Waals surface area contributed by atoms with Crippen LogP contribution in [0, 0.1) is 5.92 Å². The highest BCUT2D eigenvalue weighted by Crippen LogP contribution is 2.30. The van der Waals surface area contributed by atoms with E-state index in [0.717, 1.165) is 32.3 Å². The number of sulfone groups is 1. The van der Waals surface area contributed by atoms with E-state index in [4.69, 9.17) is 10.5 Å². The van der Waals surface area contributed by atoms with Crippen LogP contribution in [0.15, 0.2) is 0 Å². The monoisotopic (exact) mass is 263 g/mol. The van der Waals surface area contributed by atoms with Crippen molar-refractivity contribution in [2.24, 2.45) is 11.7 Å². The van der Waals surface area contributed by atoms with Crippen LogP contribution in [0.4, 0.5) is 0 Å². The van der Waals surface area contributed by atoms with Crippen molar-refractivity contribution in [3.05, 3.63) is 0 Å². The zero-order chi connectivity index (χ0) is 12.9. The molecule has 102 valence electrons. The Morgan fingerprint density at radius 1 is 1.41 bits per heavy atom. The fourth-order valence-electron chi connectivity index (χ4n) is 2.46. The van der Waals surface area contributed by atoms with Gasteiger partial charge in [0.25, 0.3) is 0 Å². The van der Waals surface area contributed by atoms with Gasteiger partial charge in [0.2, 0.25) is 0 Å². The first kappa shape index (κ1) is 14.9. The Labute approximate surface area is 105 Å². The first-order valence-corrected chi connectivity index (χ1v) is 8.42. The van der Waals surface area contributed by atoms with Crippen LogP contribution in [0.5, 0.6) is 0 Å². The number of nitrogens with two attached hydrogens (primary N) is 1. The number of hydrogen-bond acceptors (Lipinski definition) is 4. The molecule has 3 atom stereocenters. The molecule has 0 aromatic rings. The van der Waals surface area contributed by atoms with Crippen LogP contribution in [-0.2, 0) is 14.6 Å². The van der Waals surface area contributed by atoms with Crippen LogP contribution in [0.2, 0.25) is 0 Å². The van der Waals surface area contributed by atoms with E-state index in [0.29, 0.717) is 18.9 Å². The molecule has 5 heteroatoms. The van der Waals surface area contributed by atoms with E-state index in [1.54, 1.807) is 0 Å². The second-order valence-electron chi connectivity index (χ2n) is 5.12. The zero-order valence-electron chi connectivity index (χ0n) is 10.9. The average Bonchev–Trinajstić information content (AvgIpc) is 2.28. The van der Waals surface area contributed by atoms with Gasteiger partial charge in [-0.3, -0.25) is 0 Å². The van der Waals surface area contributed by atoms with Crippen molar-refractivity contribution in [2.45, 2.75) is 50.3 Å². The van der Waals surface area contributed by atoms with Crippen molar-refractivity contribution in [1.82, 2.24) is 0 Å². The maximum atomic E-state index is 11.5. The Hall–Kier alpha value is -0.130. The van der Waals surface area contributed by atoms with Gasteiger partial charge >= 0.3 is 0 Å². The van der Waals surface area contributed by atoms with E-state index in [2.05, 4.69) is 6.92 Å². The average molecular weight is 263 g/mol. The van der Waals surface area contributed by atoms with Gasteiger partial charge in [0, 0.05) is 18.9 Å². The molecule has 0 aliphatic heterocycles. The van der Waals surface area contributed by atoms with Crippen molar-refractivity contribution in [3.63, 3.8) is 0 Å². The fraction of sp³-hybridized carbons (Fsp3) is 1.00. The fourth-order valence-corrected chi connectivity index (χ4v) is 3.65. The molecule has 1 aliphatic rings. The van der Waals surface area contributed by atoms with Gasteiger partial charge in [-0.15, -0.1) is 0 Å².